The van der Waals surface area contributed by atoms with Crippen LogP contribution in [0.3, 0.4) is 0 Å². The van der Waals surface area contributed by atoms with Gasteiger partial charge in [0.15, 0.2) is 0 Å². The molecule has 7 heteroatoms. The van der Waals surface area contributed by atoms with Crippen molar-refractivity contribution in [2.45, 2.75) is 25.8 Å². The molecule has 1 N–H and O–H groups in total. The summed E-state index contributed by atoms with van der Waals surface area (Å²) in [7, 11) is 0. The second-order valence-corrected chi connectivity index (χ2v) is 6.39. The van der Waals surface area contributed by atoms with Gasteiger partial charge in [0, 0.05) is 19.3 Å². The van der Waals surface area contributed by atoms with E-state index in [2.05, 4.69) is 5.10 Å². The van der Waals surface area contributed by atoms with Crippen LogP contribution in [-0.4, -0.2) is 44.8 Å². The zero-order valence-electron chi connectivity index (χ0n) is 12.2. The minimum atomic E-state index is -0.966. The molecule has 0 unspecified atom stereocenters. The Labute approximate surface area is 132 Å². The number of aryl methyl sites for hydroxylation is 1. The number of carboxylic acid groups (broad SMARTS) is 1. The summed E-state index contributed by atoms with van der Waals surface area (Å²) in [5.74, 6) is -0.871. The molecule has 1 saturated heterocycles. The lowest BCUT2D eigenvalue weighted by molar-refractivity contribution is 0.0691. The van der Waals surface area contributed by atoms with Gasteiger partial charge in [-0.15, -0.1) is 11.3 Å². The molecule has 0 spiro atoms. The number of likely N-dealkylation sites (tertiary alicyclic amines) is 1. The number of hydrogen-bond donors (Lipinski definition) is 1. The quantitative estimate of drug-likeness (QED) is 0.943. The molecule has 1 amide bonds. The van der Waals surface area contributed by atoms with Gasteiger partial charge in [-0.3, -0.25) is 9.48 Å². The Kier molecular flexibility index (Phi) is 3.98. The number of amides is 1. The summed E-state index contributed by atoms with van der Waals surface area (Å²) in [5, 5.41) is 15.0. The highest BCUT2D eigenvalue weighted by atomic mass is 32.1. The van der Waals surface area contributed by atoms with Crippen molar-refractivity contribution in [3.05, 3.63) is 39.8 Å². The first kappa shape index (κ1) is 14.8. The monoisotopic (exact) mass is 319 g/mol. The molecule has 0 bridgehead atoms. The minimum Gasteiger partial charge on any atom is -0.478 e. The molecule has 2 aromatic heterocycles. The van der Waals surface area contributed by atoms with Gasteiger partial charge in [0.2, 0.25) is 0 Å². The first-order valence-electron chi connectivity index (χ1n) is 7.17. The van der Waals surface area contributed by atoms with E-state index in [1.807, 2.05) is 23.3 Å². The topological polar surface area (TPSA) is 75.4 Å². The number of thiophene rings is 1. The first-order chi connectivity index (χ1) is 10.6. The van der Waals surface area contributed by atoms with Crippen LogP contribution in [0, 0.1) is 6.92 Å². The van der Waals surface area contributed by atoms with E-state index < -0.39 is 5.97 Å². The SMILES string of the molecule is Cc1ccsc1C(=O)N1CCC(n2cc(C(=O)O)cn2)CC1. The van der Waals surface area contributed by atoms with Gasteiger partial charge in [-0.25, -0.2) is 4.79 Å². The highest BCUT2D eigenvalue weighted by molar-refractivity contribution is 7.12. The van der Waals surface area contributed by atoms with Crippen LogP contribution in [0.25, 0.3) is 0 Å². The number of aromatic carboxylic acids is 1. The zero-order chi connectivity index (χ0) is 15.7. The largest absolute Gasteiger partial charge is 0.478 e. The third-order valence-electron chi connectivity index (χ3n) is 4.03. The number of carbonyl (C=O) groups excluding carboxylic acids is 1. The molecule has 6 nitrogen and oxygen atoms in total. The number of carboxylic acids is 1. The Bertz CT molecular complexity index is 698. The van der Waals surface area contributed by atoms with Gasteiger partial charge >= 0.3 is 5.97 Å². The molecule has 3 heterocycles. The maximum atomic E-state index is 12.5. The highest BCUT2D eigenvalue weighted by Crippen LogP contribution is 2.25. The average Bonchev–Trinajstić information content (AvgIpc) is 3.15. The van der Waals surface area contributed by atoms with Crippen molar-refractivity contribution < 1.29 is 14.7 Å². The number of aromatic nitrogens is 2. The van der Waals surface area contributed by atoms with E-state index in [1.165, 1.54) is 17.5 Å². The van der Waals surface area contributed by atoms with E-state index in [1.54, 1.807) is 10.9 Å². The maximum absolute atomic E-state index is 12.5. The van der Waals surface area contributed by atoms with E-state index in [4.69, 9.17) is 5.11 Å². The number of nitrogens with zero attached hydrogens (tertiary/aromatic N) is 3. The standard InChI is InChI=1S/C15H17N3O3S/c1-10-4-7-22-13(10)14(19)17-5-2-12(3-6-17)18-9-11(8-16-18)15(20)21/h4,7-9,12H,2-3,5-6H2,1H3,(H,20,21). The third-order valence-corrected chi connectivity index (χ3v) is 5.04. The van der Waals surface area contributed by atoms with E-state index in [-0.39, 0.29) is 17.5 Å². The summed E-state index contributed by atoms with van der Waals surface area (Å²) in [5.41, 5.74) is 1.23. The van der Waals surface area contributed by atoms with Crippen molar-refractivity contribution in [2.24, 2.45) is 0 Å². The lowest BCUT2D eigenvalue weighted by Gasteiger charge is -2.32. The smallest absolute Gasteiger partial charge is 0.338 e. The van der Waals surface area contributed by atoms with Crippen LogP contribution in [0.15, 0.2) is 23.8 Å². The molecule has 22 heavy (non-hydrogen) atoms. The predicted molar refractivity (Wildman–Crippen MR) is 82.4 cm³/mol. The Hall–Kier alpha value is -2.15. The molecular weight excluding hydrogens is 302 g/mol. The van der Waals surface area contributed by atoms with Crippen LogP contribution >= 0.6 is 11.3 Å². The summed E-state index contributed by atoms with van der Waals surface area (Å²) in [6, 6.07) is 2.11. The van der Waals surface area contributed by atoms with Gasteiger partial charge in [0.05, 0.1) is 22.7 Å². The summed E-state index contributed by atoms with van der Waals surface area (Å²) >= 11 is 1.48. The molecular formula is C15H17N3O3S. The lowest BCUT2D eigenvalue weighted by Crippen LogP contribution is -2.39. The first-order valence-corrected chi connectivity index (χ1v) is 8.05. The summed E-state index contributed by atoms with van der Waals surface area (Å²) in [6.45, 7) is 3.29. The summed E-state index contributed by atoms with van der Waals surface area (Å²) < 4.78 is 1.71. The molecule has 1 fully saturated rings. The van der Waals surface area contributed by atoms with Crippen LogP contribution in [0.2, 0.25) is 0 Å². The van der Waals surface area contributed by atoms with Crippen molar-refractivity contribution in [3.8, 4) is 0 Å². The Morgan fingerprint density at radius 1 is 1.36 bits per heavy atom. The van der Waals surface area contributed by atoms with Crippen molar-refractivity contribution in [2.75, 3.05) is 13.1 Å². The van der Waals surface area contributed by atoms with Gasteiger partial charge < -0.3 is 10.0 Å². The molecule has 0 atom stereocenters. The fraction of sp³-hybridized carbons (Fsp3) is 0.400. The number of carbonyl (C=O) groups is 2. The van der Waals surface area contributed by atoms with E-state index in [0.717, 1.165) is 23.3 Å². The fourth-order valence-electron chi connectivity index (χ4n) is 2.72. The number of hydrogen-bond acceptors (Lipinski definition) is 4. The Morgan fingerprint density at radius 2 is 2.09 bits per heavy atom. The van der Waals surface area contributed by atoms with Crippen LogP contribution < -0.4 is 0 Å². The van der Waals surface area contributed by atoms with Crippen molar-refractivity contribution in [1.29, 1.82) is 0 Å². The average molecular weight is 319 g/mol. The normalized spacial score (nSPS) is 16.0. The van der Waals surface area contributed by atoms with Crippen molar-refractivity contribution >= 4 is 23.2 Å². The molecule has 3 rings (SSSR count). The number of rotatable bonds is 3. The predicted octanol–water partition coefficient (Wildman–Crippen LogP) is 2.43. The molecule has 116 valence electrons. The van der Waals surface area contributed by atoms with Gasteiger partial charge in [-0.2, -0.15) is 5.10 Å². The highest BCUT2D eigenvalue weighted by Gasteiger charge is 2.26. The van der Waals surface area contributed by atoms with Gasteiger partial charge in [-0.05, 0) is 36.8 Å². The maximum Gasteiger partial charge on any atom is 0.338 e. The summed E-state index contributed by atoms with van der Waals surface area (Å²) in [6.07, 6.45) is 4.51. The van der Waals surface area contributed by atoms with Gasteiger partial charge in [-0.1, -0.05) is 0 Å². The van der Waals surface area contributed by atoms with Crippen LogP contribution in [-0.2, 0) is 0 Å². The second-order valence-electron chi connectivity index (χ2n) is 5.47. The van der Waals surface area contributed by atoms with E-state index in [0.29, 0.717) is 13.1 Å². The minimum absolute atomic E-state index is 0.0950. The van der Waals surface area contributed by atoms with E-state index in [9.17, 15) is 9.59 Å². The second kappa shape index (κ2) is 5.92. The fourth-order valence-corrected chi connectivity index (χ4v) is 3.61. The molecule has 0 radical (unpaired) electrons. The number of piperidine rings is 1. The molecule has 1 aliphatic heterocycles. The molecule has 0 saturated carbocycles. The molecule has 0 aliphatic carbocycles. The van der Waals surface area contributed by atoms with Crippen LogP contribution in [0.4, 0.5) is 0 Å². The third kappa shape index (κ3) is 2.76. The molecule has 0 aromatic carbocycles. The lowest BCUT2D eigenvalue weighted by atomic mass is 10.0. The molecule has 1 aliphatic rings. The Morgan fingerprint density at radius 3 is 2.64 bits per heavy atom. The van der Waals surface area contributed by atoms with Gasteiger partial charge in [0.25, 0.3) is 5.91 Å². The van der Waals surface area contributed by atoms with Crippen molar-refractivity contribution in [3.63, 3.8) is 0 Å². The zero-order valence-corrected chi connectivity index (χ0v) is 13.0. The van der Waals surface area contributed by atoms with Gasteiger partial charge in [0.1, 0.15) is 0 Å². The van der Waals surface area contributed by atoms with E-state index >= 15 is 0 Å². The van der Waals surface area contributed by atoms with Crippen LogP contribution in [0.1, 0.15) is 44.5 Å². The summed E-state index contributed by atoms with van der Waals surface area (Å²) in [4.78, 5) is 26.0. The molecule has 2 aromatic rings. The van der Waals surface area contributed by atoms with Crippen molar-refractivity contribution in [1.82, 2.24) is 14.7 Å². The van der Waals surface area contributed by atoms with Crippen LogP contribution in [0.5, 0.6) is 0 Å². The Balaban J connectivity index is 1.63.